The van der Waals surface area contributed by atoms with Crippen molar-refractivity contribution in [1.29, 1.82) is 0 Å². The highest BCUT2D eigenvalue weighted by Gasteiger charge is 2.15. The Kier molecular flexibility index (Phi) is 6.96. The lowest BCUT2D eigenvalue weighted by Crippen LogP contribution is -2.09. The molecule has 0 heterocycles. The van der Waals surface area contributed by atoms with Gasteiger partial charge in [-0.15, -0.1) is 0 Å². The van der Waals surface area contributed by atoms with Crippen LogP contribution in [0.25, 0.3) is 0 Å². The third-order valence-electron chi connectivity index (χ3n) is 3.21. The molecule has 24 heavy (non-hydrogen) atoms. The highest BCUT2D eigenvalue weighted by atomic mass is 79.9. The zero-order chi connectivity index (χ0) is 17.7. The Bertz CT molecular complexity index is 692. The van der Waals surface area contributed by atoms with Crippen molar-refractivity contribution >= 4 is 45.1 Å². The van der Waals surface area contributed by atoms with Crippen molar-refractivity contribution in [2.24, 2.45) is 5.92 Å². The van der Waals surface area contributed by atoms with E-state index in [0.717, 1.165) is 12.2 Å². The number of carbonyl (C=O) groups is 1. The van der Waals surface area contributed by atoms with E-state index in [2.05, 4.69) is 29.8 Å². The van der Waals surface area contributed by atoms with E-state index in [9.17, 15) is 4.79 Å². The average molecular weight is 432 g/mol. The highest BCUT2D eigenvalue weighted by molar-refractivity contribution is 9.10. The predicted molar refractivity (Wildman–Crippen MR) is 101 cm³/mol. The Morgan fingerprint density at radius 2 is 1.83 bits per heavy atom. The highest BCUT2D eigenvalue weighted by Crippen LogP contribution is 2.36. The van der Waals surface area contributed by atoms with Crippen molar-refractivity contribution in [3.05, 3.63) is 56.5 Å². The summed E-state index contributed by atoms with van der Waals surface area (Å²) in [4.78, 5) is 12.2. The van der Waals surface area contributed by atoms with Gasteiger partial charge in [-0.25, -0.2) is 4.79 Å². The van der Waals surface area contributed by atoms with Gasteiger partial charge in [0, 0.05) is 5.02 Å². The molecule has 0 aliphatic carbocycles. The quantitative estimate of drug-likeness (QED) is 0.392. The molecule has 0 radical (unpaired) electrons. The molecule has 0 N–H and O–H groups in total. The molecule has 0 unspecified atom stereocenters. The second-order valence-electron chi connectivity index (χ2n) is 5.64. The molecule has 0 aromatic heterocycles. The standard InChI is InChI=1S/C18H17BrCl2O3/c1-11(2)7-8-23-14-5-3-12(4-6-14)18(22)24-17-15(19)9-13(20)10-16(17)21/h3-6,9-11H,7-8H2,1-2H3. The van der Waals surface area contributed by atoms with Crippen LogP contribution in [-0.2, 0) is 0 Å². The Morgan fingerprint density at radius 1 is 1.17 bits per heavy atom. The molecule has 0 saturated carbocycles. The van der Waals surface area contributed by atoms with Crippen LogP contribution in [-0.4, -0.2) is 12.6 Å². The molecule has 0 spiro atoms. The second kappa shape index (κ2) is 8.75. The van der Waals surface area contributed by atoms with Crippen molar-refractivity contribution in [2.45, 2.75) is 20.3 Å². The summed E-state index contributed by atoms with van der Waals surface area (Å²) < 4.78 is 11.5. The molecule has 0 amide bonds. The topological polar surface area (TPSA) is 35.5 Å². The zero-order valence-corrected chi connectivity index (χ0v) is 16.4. The number of esters is 1. The minimum atomic E-state index is -0.506. The molecule has 2 rings (SSSR count). The van der Waals surface area contributed by atoms with Gasteiger partial charge in [-0.3, -0.25) is 0 Å². The number of hydrogen-bond donors (Lipinski definition) is 0. The summed E-state index contributed by atoms with van der Waals surface area (Å²) in [6.07, 6.45) is 0.979. The van der Waals surface area contributed by atoms with Crippen LogP contribution >= 0.6 is 39.1 Å². The smallest absolute Gasteiger partial charge is 0.343 e. The first kappa shape index (κ1) is 19.1. The van der Waals surface area contributed by atoms with Crippen molar-refractivity contribution in [2.75, 3.05) is 6.61 Å². The van der Waals surface area contributed by atoms with E-state index in [1.165, 1.54) is 6.07 Å². The number of ether oxygens (including phenoxy) is 2. The number of hydrogen-bond acceptors (Lipinski definition) is 3. The maximum atomic E-state index is 12.2. The third-order valence-corrected chi connectivity index (χ3v) is 4.30. The fourth-order valence-corrected chi connectivity index (χ4v) is 3.20. The van der Waals surface area contributed by atoms with Crippen molar-refractivity contribution in [1.82, 2.24) is 0 Å². The van der Waals surface area contributed by atoms with E-state index in [1.54, 1.807) is 30.3 Å². The fraction of sp³-hybridized carbons (Fsp3) is 0.278. The van der Waals surface area contributed by atoms with E-state index >= 15 is 0 Å². The summed E-state index contributed by atoms with van der Waals surface area (Å²) in [6.45, 7) is 4.93. The maximum absolute atomic E-state index is 12.2. The first-order chi connectivity index (χ1) is 11.4. The van der Waals surface area contributed by atoms with E-state index in [0.29, 0.717) is 27.6 Å². The second-order valence-corrected chi connectivity index (χ2v) is 7.34. The van der Waals surface area contributed by atoms with Crippen LogP contribution < -0.4 is 9.47 Å². The lowest BCUT2D eigenvalue weighted by Gasteiger charge is -2.10. The molecule has 3 nitrogen and oxygen atoms in total. The lowest BCUT2D eigenvalue weighted by molar-refractivity contribution is 0.0733. The van der Waals surface area contributed by atoms with Gasteiger partial charge in [-0.05, 0) is 64.7 Å². The third kappa shape index (κ3) is 5.40. The van der Waals surface area contributed by atoms with Gasteiger partial charge in [0.15, 0.2) is 5.75 Å². The molecule has 6 heteroatoms. The SMILES string of the molecule is CC(C)CCOc1ccc(C(=O)Oc2c(Cl)cc(Cl)cc2Br)cc1. The summed E-state index contributed by atoms with van der Waals surface area (Å²) in [7, 11) is 0. The fourth-order valence-electron chi connectivity index (χ4n) is 1.88. The lowest BCUT2D eigenvalue weighted by atomic mass is 10.1. The van der Waals surface area contributed by atoms with Gasteiger partial charge in [0.25, 0.3) is 0 Å². The van der Waals surface area contributed by atoms with Crippen molar-refractivity contribution < 1.29 is 14.3 Å². The molecular weight excluding hydrogens is 415 g/mol. The molecule has 0 fully saturated rings. The van der Waals surface area contributed by atoms with Crippen molar-refractivity contribution in [3.63, 3.8) is 0 Å². The number of carbonyl (C=O) groups excluding carboxylic acids is 1. The Balaban J connectivity index is 2.03. The van der Waals surface area contributed by atoms with E-state index < -0.39 is 5.97 Å². The summed E-state index contributed by atoms with van der Waals surface area (Å²) in [5, 5.41) is 0.714. The van der Waals surface area contributed by atoms with Crippen LogP contribution in [0.5, 0.6) is 11.5 Å². The first-order valence-corrected chi connectivity index (χ1v) is 9.01. The predicted octanol–water partition coefficient (Wildman–Crippen LogP) is 6.40. The van der Waals surface area contributed by atoms with Gasteiger partial charge in [0.05, 0.1) is 21.7 Å². The number of halogens is 3. The molecule has 2 aromatic rings. The van der Waals surface area contributed by atoms with Crippen LogP contribution in [0.3, 0.4) is 0 Å². The van der Waals surface area contributed by atoms with Crippen LogP contribution in [0.2, 0.25) is 10.0 Å². The van der Waals surface area contributed by atoms with Gasteiger partial charge in [-0.1, -0.05) is 37.0 Å². The van der Waals surface area contributed by atoms with Gasteiger partial charge in [0.1, 0.15) is 5.75 Å². The van der Waals surface area contributed by atoms with Gasteiger partial charge in [0.2, 0.25) is 0 Å². The monoisotopic (exact) mass is 430 g/mol. The van der Waals surface area contributed by atoms with E-state index in [-0.39, 0.29) is 10.8 Å². The Hall–Kier alpha value is -1.23. The minimum Gasteiger partial charge on any atom is -0.494 e. The summed E-state index contributed by atoms with van der Waals surface area (Å²) in [5.41, 5.74) is 0.407. The van der Waals surface area contributed by atoms with Crippen LogP contribution in [0.4, 0.5) is 0 Å². The van der Waals surface area contributed by atoms with Crippen LogP contribution in [0, 0.1) is 5.92 Å². The van der Waals surface area contributed by atoms with E-state index in [1.807, 2.05) is 0 Å². The molecule has 0 aliphatic heterocycles. The summed E-state index contributed by atoms with van der Waals surface area (Å²) in [6, 6.07) is 9.93. The van der Waals surface area contributed by atoms with Crippen molar-refractivity contribution in [3.8, 4) is 11.5 Å². The molecule has 2 aromatic carbocycles. The van der Waals surface area contributed by atoms with Crippen LogP contribution in [0.15, 0.2) is 40.9 Å². The Labute approximate surface area is 160 Å². The minimum absolute atomic E-state index is 0.239. The maximum Gasteiger partial charge on any atom is 0.343 e. The average Bonchev–Trinajstić information content (AvgIpc) is 2.51. The molecule has 0 saturated heterocycles. The van der Waals surface area contributed by atoms with E-state index in [4.69, 9.17) is 32.7 Å². The van der Waals surface area contributed by atoms with Crippen LogP contribution in [0.1, 0.15) is 30.6 Å². The molecule has 0 atom stereocenters. The molecule has 128 valence electrons. The number of benzene rings is 2. The number of rotatable bonds is 6. The van der Waals surface area contributed by atoms with Gasteiger partial charge < -0.3 is 9.47 Å². The normalized spacial score (nSPS) is 10.8. The zero-order valence-electron chi connectivity index (χ0n) is 13.3. The molecule has 0 bridgehead atoms. The first-order valence-electron chi connectivity index (χ1n) is 7.46. The largest absolute Gasteiger partial charge is 0.494 e. The van der Waals surface area contributed by atoms with Gasteiger partial charge >= 0.3 is 5.97 Å². The summed E-state index contributed by atoms with van der Waals surface area (Å²) in [5.74, 6) is 1.04. The van der Waals surface area contributed by atoms with Gasteiger partial charge in [-0.2, -0.15) is 0 Å². The molecule has 0 aliphatic rings. The molecular formula is C18H17BrCl2O3. The summed E-state index contributed by atoms with van der Waals surface area (Å²) >= 11 is 15.2. The Morgan fingerprint density at radius 3 is 2.42 bits per heavy atom.